The van der Waals surface area contributed by atoms with E-state index in [0.29, 0.717) is 5.56 Å². The summed E-state index contributed by atoms with van der Waals surface area (Å²) >= 11 is 0. The molecule has 0 aliphatic rings. The van der Waals surface area contributed by atoms with Crippen LogP contribution in [0.1, 0.15) is 42.1 Å². The first-order chi connectivity index (χ1) is 7.79. The number of rotatable bonds is 5. The van der Waals surface area contributed by atoms with E-state index in [1.165, 1.54) is 20.0 Å². The van der Waals surface area contributed by atoms with Crippen molar-refractivity contribution in [3.05, 3.63) is 41.5 Å². The van der Waals surface area contributed by atoms with Crippen LogP contribution in [-0.2, 0) is 4.74 Å². The SMILES string of the molecule is CCCC/C=C\c1ccccc1C(=O)OC. The van der Waals surface area contributed by atoms with Crippen molar-refractivity contribution in [2.24, 2.45) is 0 Å². The van der Waals surface area contributed by atoms with Crippen molar-refractivity contribution < 1.29 is 9.53 Å². The van der Waals surface area contributed by atoms with Gasteiger partial charge in [0.05, 0.1) is 12.7 Å². The standard InChI is InChI=1S/C14H18O2/c1-3-4-5-6-9-12-10-7-8-11-13(12)14(15)16-2/h6-11H,3-5H2,1-2H3/b9-6-. The van der Waals surface area contributed by atoms with Crippen LogP contribution in [0, 0.1) is 0 Å². The predicted octanol–water partition coefficient (Wildman–Crippen LogP) is 3.68. The van der Waals surface area contributed by atoms with Gasteiger partial charge in [-0.2, -0.15) is 0 Å². The minimum absolute atomic E-state index is 0.282. The Morgan fingerprint density at radius 3 is 2.81 bits per heavy atom. The molecular formula is C14H18O2. The molecule has 2 heteroatoms. The van der Waals surface area contributed by atoms with Crippen LogP contribution in [0.2, 0.25) is 0 Å². The van der Waals surface area contributed by atoms with E-state index in [1.807, 2.05) is 24.3 Å². The zero-order valence-electron chi connectivity index (χ0n) is 9.90. The molecule has 0 spiro atoms. The molecule has 1 aromatic carbocycles. The number of ether oxygens (including phenoxy) is 1. The molecule has 0 saturated carbocycles. The van der Waals surface area contributed by atoms with E-state index in [-0.39, 0.29) is 5.97 Å². The topological polar surface area (TPSA) is 26.3 Å². The maximum Gasteiger partial charge on any atom is 0.338 e. The van der Waals surface area contributed by atoms with Crippen molar-refractivity contribution in [1.29, 1.82) is 0 Å². The second-order valence-corrected chi connectivity index (χ2v) is 3.62. The molecule has 0 N–H and O–H groups in total. The number of benzene rings is 1. The van der Waals surface area contributed by atoms with Gasteiger partial charge in [0.15, 0.2) is 0 Å². The predicted molar refractivity (Wildman–Crippen MR) is 66.3 cm³/mol. The third-order valence-corrected chi connectivity index (χ3v) is 2.39. The van der Waals surface area contributed by atoms with Crippen LogP contribution in [-0.4, -0.2) is 13.1 Å². The molecule has 2 nitrogen and oxygen atoms in total. The Labute approximate surface area is 96.9 Å². The molecule has 0 saturated heterocycles. The molecule has 0 bridgehead atoms. The average Bonchev–Trinajstić information content (AvgIpc) is 2.34. The highest BCUT2D eigenvalue weighted by Gasteiger charge is 2.07. The first kappa shape index (κ1) is 12.5. The van der Waals surface area contributed by atoms with Crippen molar-refractivity contribution in [3.63, 3.8) is 0 Å². The van der Waals surface area contributed by atoms with Gasteiger partial charge in [-0.05, 0) is 18.1 Å². The van der Waals surface area contributed by atoms with E-state index < -0.39 is 0 Å². The Bertz CT molecular complexity index is 367. The molecule has 86 valence electrons. The second kappa shape index (κ2) is 6.83. The summed E-state index contributed by atoms with van der Waals surface area (Å²) in [5.74, 6) is -0.282. The molecule has 0 aliphatic carbocycles. The summed E-state index contributed by atoms with van der Waals surface area (Å²) in [6.07, 6.45) is 7.50. The molecule has 0 amide bonds. The number of carbonyl (C=O) groups is 1. The molecule has 1 rings (SSSR count). The first-order valence-electron chi connectivity index (χ1n) is 5.63. The highest BCUT2D eigenvalue weighted by molar-refractivity contribution is 5.93. The van der Waals surface area contributed by atoms with Gasteiger partial charge in [-0.25, -0.2) is 4.79 Å². The third-order valence-electron chi connectivity index (χ3n) is 2.39. The minimum atomic E-state index is -0.282. The second-order valence-electron chi connectivity index (χ2n) is 3.62. The third kappa shape index (κ3) is 3.54. The highest BCUT2D eigenvalue weighted by Crippen LogP contribution is 2.12. The first-order valence-corrected chi connectivity index (χ1v) is 5.63. The van der Waals surface area contributed by atoms with E-state index >= 15 is 0 Å². The lowest BCUT2D eigenvalue weighted by Crippen LogP contribution is -2.02. The quantitative estimate of drug-likeness (QED) is 0.556. The summed E-state index contributed by atoms with van der Waals surface area (Å²) in [4.78, 5) is 11.5. The molecule has 0 fully saturated rings. The zero-order valence-corrected chi connectivity index (χ0v) is 9.90. The van der Waals surface area contributed by atoms with Crippen LogP contribution in [0.15, 0.2) is 30.3 Å². The van der Waals surface area contributed by atoms with E-state index in [4.69, 9.17) is 4.74 Å². The van der Waals surface area contributed by atoms with Gasteiger partial charge >= 0.3 is 5.97 Å². The molecular weight excluding hydrogens is 200 g/mol. The molecule has 0 heterocycles. The van der Waals surface area contributed by atoms with Crippen LogP contribution < -0.4 is 0 Å². The number of allylic oxidation sites excluding steroid dienone is 1. The Morgan fingerprint density at radius 2 is 2.12 bits per heavy atom. The maximum absolute atomic E-state index is 11.5. The summed E-state index contributed by atoms with van der Waals surface area (Å²) in [5, 5.41) is 0. The summed E-state index contributed by atoms with van der Waals surface area (Å²) in [6, 6.07) is 7.47. The number of unbranched alkanes of at least 4 members (excludes halogenated alkanes) is 2. The summed E-state index contributed by atoms with van der Waals surface area (Å²) in [6.45, 7) is 2.16. The van der Waals surface area contributed by atoms with Gasteiger partial charge < -0.3 is 4.74 Å². The van der Waals surface area contributed by atoms with Crippen LogP contribution >= 0.6 is 0 Å². The Morgan fingerprint density at radius 1 is 1.38 bits per heavy atom. The van der Waals surface area contributed by atoms with E-state index in [9.17, 15) is 4.79 Å². The van der Waals surface area contributed by atoms with Gasteiger partial charge in [0.25, 0.3) is 0 Å². The van der Waals surface area contributed by atoms with Crippen LogP contribution in [0.4, 0.5) is 0 Å². The van der Waals surface area contributed by atoms with Gasteiger partial charge in [-0.15, -0.1) is 0 Å². The summed E-state index contributed by atoms with van der Waals surface area (Å²) in [5.41, 5.74) is 1.54. The normalized spacial score (nSPS) is 10.6. The van der Waals surface area contributed by atoms with Crippen molar-refractivity contribution in [1.82, 2.24) is 0 Å². The van der Waals surface area contributed by atoms with Crippen molar-refractivity contribution in [3.8, 4) is 0 Å². The minimum Gasteiger partial charge on any atom is -0.465 e. The van der Waals surface area contributed by atoms with E-state index in [1.54, 1.807) is 6.07 Å². The Kier molecular flexibility index (Phi) is 5.34. The molecule has 16 heavy (non-hydrogen) atoms. The van der Waals surface area contributed by atoms with Gasteiger partial charge in [0.2, 0.25) is 0 Å². The average molecular weight is 218 g/mol. The number of carbonyl (C=O) groups excluding carboxylic acids is 1. The van der Waals surface area contributed by atoms with Crippen molar-refractivity contribution in [2.45, 2.75) is 26.2 Å². The van der Waals surface area contributed by atoms with Gasteiger partial charge in [-0.1, -0.05) is 50.1 Å². The smallest absolute Gasteiger partial charge is 0.338 e. The summed E-state index contributed by atoms with van der Waals surface area (Å²) in [7, 11) is 1.40. The molecule has 0 atom stereocenters. The number of methoxy groups -OCH3 is 1. The lowest BCUT2D eigenvalue weighted by molar-refractivity contribution is 0.0600. The Hall–Kier alpha value is -1.57. The molecule has 0 aliphatic heterocycles. The number of hydrogen-bond donors (Lipinski definition) is 0. The lowest BCUT2D eigenvalue weighted by atomic mass is 10.1. The fourth-order valence-electron chi connectivity index (χ4n) is 1.47. The van der Waals surface area contributed by atoms with Crippen LogP contribution in [0.25, 0.3) is 6.08 Å². The van der Waals surface area contributed by atoms with Crippen LogP contribution in [0.3, 0.4) is 0 Å². The van der Waals surface area contributed by atoms with Gasteiger partial charge in [0, 0.05) is 0 Å². The van der Waals surface area contributed by atoms with E-state index in [0.717, 1.165) is 12.0 Å². The molecule has 0 aromatic heterocycles. The monoisotopic (exact) mass is 218 g/mol. The zero-order chi connectivity index (χ0) is 11.8. The fourth-order valence-corrected chi connectivity index (χ4v) is 1.47. The van der Waals surface area contributed by atoms with Crippen molar-refractivity contribution >= 4 is 12.0 Å². The number of hydrogen-bond acceptors (Lipinski definition) is 2. The number of esters is 1. The largest absolute Gasteiger partial charge is 0.465 e. The van der Waals surface area contributed by atoms with Crippen molar-refractivity contribution in [2.75, 3.05) is 7.11 Å². The van der Waals surface area contributed by atoms with Gasteiger partial charge in [-0.3, -0.25) is 0 Å². The van der Waals surface area contributed by atoms with Gasteiger partial charge in [0.1, 0.15) is 0 Å². The molecule has 0 radical (unpaired) electrons. The molecule has 0 unspecified atom stereocenters. The van der Waals surface area contributed by atoms with E-state index in [2.05, 4.69) is 13.0 Å². The lowest BCUT2D eigenvalue weighted by Gasteiger charge is -2.03. The van der Waals surface area contributed by atoms with Crippen LogP contribution in [0.5, 0.6) is 0 Å². The molecule has 1 aromatic rings. The summed E-state index contributed by atoms with van der Waals surface area (Å²) < 4.78 is 4.73. The highest BCUT2D eigenvalue weighted by atomic mass is 16.5. The fraction of sp³-hybridized carbons (Fsp3) is 0.357. The maximum atomic E-state index is 11.5. The Balaban J connectivity index is 2.78.